The topological polar surface area (TPSA) is 50.4 Å². The molecule has 0 aromatic carbocycles. The van der Waals surface area contributed by atoms with Gasteiger partial charge in [-0.15, -0.1) is 0 Å². The summed E-state index contributed by atoms with van der Waals surface area (Å²) in [6.07, 6.45) is -1.27. The molecule has 1 amide bonds. The molecule has 1 fully saturated rings. The van der Waals surface area contributed by atoms with Crippen LogP contribution in [0.5, 0.6) is 0 Å². The van der Waals surface area contributed by atoms with Crippen LogP contribution in [0, 0.1) is 11.8 Å². The summed E-state index contributed by atoms with van der Waals surface area (Å²) in [7, 11) is 0. The van der Waals surface area contributed by atoms with E-state index in [2.05, 4.69) is 22.3 Å². The van der Waals surface area contributed by atoms with Crippen LogP contribution in [0.2, 0.25) is 0 Å². The van der Waals surface area contributed by atoms with E-state index in [1.54, 1.807) is 0 Å². The second kappa shape index (κ2) is 8.37. The predicted molar refractivity (Wildman–Crippen MR) is 64.6 cm³/mol. The van der Waals surface area contributed by atoms with Crippen LogP contribution in [-0.2, 0) is 9.53 Å². The van der Waals surface area contributed by atoms with Crippen LogP contribution in [0.15, 0.2) is 0 Å². The number of hydrogen-bond acceptors (Lipinski definition) is 3. The van der Waals surface area contributed by atoms with Crippen LogP contribution in [0.1, 0.15) is 19.8 Å². The Kier molecular flexibility index (Phi) is 7.12. The zero-order chi connectivity index (χ0) is 13.4. The lowest BCUT2D eigenvalue weighted by molar-refractivity contribution is -0.122. The van der Waals surface area contributed by atoms with E-state index in [0.717, 1.165) is 19.5 Å². The fourth-order valence-electron chi connectivity index (χ4n) is 2.04. The van der Waals surface area contributed by atoms with Gasteiger partial charge >= 0.3 is 0 Å². The predicted octanol–water partition coefficient (Wildman–Crippen LogP) is 1.02. The molecule has 1 aliphatic heterocycles. The van der Waals surface area contributed by atoms with Crippen molar-refractivity contribution in [1.29, 1.82) is 0 Å². The second-order valence-corrected chi connectivity index (χ2v) is 4.75. The van der Waals surface area contributed by atoms with Gasteiger partial charge in [0.15, 0.2) is 0 Å². The average molecular weight is 264 g/mol. The number of piperidine rings is 1. The van der Waals surface area contributed by atoms with Crippen LogP contribution < -0.4 is 10.6 Å². The molecule has 4 nitrogen and oxygen atoms in total. The third-order valence-electron chi connectivity index (χ3n) is 3.24. The van der Waals surface area contributed by atoms with E-state index >= 15 is 0 Å². The maximum atomic E-state index is 11.8. The first-order valence-electron chi connectivity index (χ1n) is 6.43. The fraction of sp³-hybridized carbons (Fsp3) is 0.917. The molecule has 2 unspecified atom stereocenters. The van der Waals surface area contributed by atoms with Gasteiger partial charge in [0.2, 0.25) is 5.91 Å². The Labute approximate surface area is 106 Å². The number of halogens is 2. The smallest absolute Gasteiger partial charge is 0.261 e. The van der Waals surface area contributed by atoms with Gasteiger partial charge in [-0.1, -0.05) is 6.92 Å². The van der Waals surface area contributed by atoms with Crippen molar-refractivity contribution >= 4 is 5.91 Å². The van der Waals surface area contributed by atoms with Crippen molar-refractivity contribution in [2.24, 2.45) is 11.8 Å². The summed E-state index contributed by atoms with van der Waals surface area (Å²) in [5, 5.41) is 6.14. The number of hydrogen-bond donors (Lipinski definition) is 2. The van der Waals surface area contributed by atoms with E-state index in [9.17, 15) is 13.6 Å². The maximum Gasteiger partial charge on any atom is 0.261 e. The van der Waals surface area contributed by atoms with Crippen molar-refractivity contribution in [1.82, 2.24) is 10.6 Å². The highest BCUT2D eigenvalue weighted by Crippen LogP contribution is 2.17. The van der Waals surface area contributed by atoms with E-state index < -0.39 is 13.0 Å². The zero-order valence-corrected chi connectivity index (χ0v) is 10.8. The van der Waals surface area contributed by atoms with Gasteiger partial charge in [0, 0.05) is 13.0 Å². The molecule has 0 radical (unpaired) electrons. The molecular weight excluding hydrogens is 242 g/mol. The summed E-state index contributed by atoms with van der Waals surface area (Å²) in [5.41, 5.74) is 0. The standard InChI is InChI=1S/C12H22F2N2O2/c1-9-6-15-4-2-10(9)7-16-12(17)3-5-18-8-11(13)14/h9-11,15H,2-8H2,1H3,(H,16,17). The van der Waals surface area contributed by atoms with Crippen LogP contribution in [-0.4, -0.2) is 45.2 Å². The van der Waals surface area contributed by atoms with E-state index in [0.29, 0.717) is 18.4 Å². The van der Waals surface area contributed by atoms with Gasteiger partial charge in [0.1, 0.15) is 6.61 Å². The van der Waals surface area contributed by atoms with Crippen LogP contribution in [0.25, 0.3) is 0 Å². The summed E-state index contributed by atoms with van der Waals surface area (Å²) in [6, 6.07) is 0. The number of ether oxygens (including phenoxy) is 1. The fourth-order valence-corrected chi connectivity index (χ4v) is 2.04. The van der Waals surface area contributed by atoms with Crippen molar-refractivity contribution in [3.63, 3.8) is 0 Å². The largest absolute Gasteiger partial charge is 0.375 e. The Morgan fingerprint density at radius 3 is 3.00 bits per heavy atom. The van der Waals surface area contributed by atoms with Crippen LogP contribution in [0.3, 0.4) is 0 Å². The maximum absolute atomic E-state index is 11.8. The Hall–Kier alpha value is -0.750. The molecule has 1 rings (SSSR count). The minimum Gasteiger partial charge on any atom is -0.375 e. The highest BCUT2D eigenvalue weighted by molar-refractivity contribution is 5.75. The minimum absolute atomic E-state index is 0.0535. The van der Waals surface area contributed by atoms with E-state index in [-0.39, 0.29) is 18.9 Å². The minimum atomic E-state index is -2.47. The van der Waals surface area contributed by atoms with Crippen LogP contribution in [0.4, 0.5) is 8.78 Å². The average Bonchev–Trinajstić information content (AvgIpc) is 2.33. The first kappa shape index (κ1) is 15.3. The molecule has 0 aliphatic carbocycles. The Bertz CT molecular complexity index is 252. The second-order valence-electron chi connectivity index (χ2n) is 4.75. The molecule has 0 spiro atoms. The number of alkyl halides is 2. The quantitative estimate of drug-likeness (QED) is 0.675. The highest BCUT2D eigenvalue weighted by Gasteiger charge is 2.21. The van der Waals surface area contributed by atoms with Gasteiger partial charge in [0.25, 0.3) is 6.43 Å². The molecule has 6 heteroatoms. The molecule has 1 aliphatic rings. The molecule has 18 heavy (non-hydrogen) atoms. The molecule has 1 heterocycles. The lowest BCUT2D eigenvalue weighted by Crippen LogP contribution is -2.41. The molecule has 0 saturated carbocycles. The number of carbonyl (C=O) groups excluding carboxylic acids is 1. The summed E-state index contributed by atoms with van der Waals surface area (Å²) in [5.74, 6) is 0.918. The SMILES string of the molecule is CC1CNCCC1CNC(=O)CCOCC(F)F. The molecule has 2 N–H and O–H groups in total. The molecule has 0 bridgehead atoms. The Morgan fingerprint density at radius 2 is 2.33 bits per heavy atom. The van der Waals surface area contributed by atoms with Gasteiger partial charge in [-0.25, -0.2) is 8.78 Å². The number of amides is 1. The monoisotopic (exact) mass is 264 g/mol. The Morgan fingerprint density at radius 1 is 1.56 bits per heavy atom. The number of carbonyl (C=O) groups is 1. The van der Waals surface area contributed by atoms with Crippen molar-refractivity contribution in [3.05, 3.63) is 0 Å². The normalized spacial score (nSPS) is 24.2. The van der Waals surface area contributed by atoms with Gasteiger partial charge in [-0.3, -0.25) is 4.79 Å². The molecule has 2 atom stereocenters. The molecule has 106 valence electrons. The van der Waals surface area contributed by atoms with Crippen molar-refractivity contribution in [2.45, 2.75) is 26.2 Å². The Balaban J connectivity index is 2.05. The highest BCUT2D eigenvalue weighted by atomic mass is 19.3. The van der Waals surface area contributed by atoms with E-state index in [4.69, 9.17) is 0 Å². The summed E-state index contributed by atoms with van der Waals surface area (Å²) < 4.78 is 28.2. The van der Waals surface area contributed by atoms with Gasteiger partial charge in [0.05, 0.1) is 6.61 Å². The van der Waals surface area contributed by atoms with Gasteiger partial charge < -0.3 is 15.4 Å². The summed E-state index contributed by atoms with van der Waals surface area (Å²) in [4.78, 5) is 11.4. The van der Waals surface area contributed by atoms with E-state index in [1.807, 2.05) is 0 Å². The molecule has 0 aromatic heterocycles. The van der Waals surface area contributed by atoms with Gasteiger partial charge in [-0.2, -0.15) is 0 Å². The third-order valence-corrected chi connectivity index (χ3v) is 3.24. The zero-order valence-electron chi connectivity index (χ0n) is 10.8. The van der Waals surface area contributed by atoms with Crippen molar-refractivity contribution < 1.29 is 18.3 Å². The molecular formula is C12H22F2N2O2. The van der Waals surface area contributed by atoms with Crippen molar-refractivity contribution in [3.8, 4) is 0 Å². The molecule has 0 aromatic rings. The lowest BCUT2D eigenvalue weighted by Gasteiger charge is -2.29. The summed E-state index contributed by atoms with van der Waals surface area (Å²) in [6.45, 7) is 4.25. The lowest BCUT2D eigenvalue weighted by atomic mass is 9.88. The molecule has 1 saturated heterocycles. The van der Waals surface area contributed by atoms with Crippen LogP contribution >= 0.6 is 0 Å². The first-order valence-corrected chi connectivity index (χ1v) is 6.43. The number of rotatable bonds is 7. The number of nitrogens with one attached hydrogen (secondary N) is 2. The van der Waals surface area contributed by atoms with E-state index in [1.165, 1.54) is 0 Å². The van der Waals surface area contributed by atoms with Crippen molar-refractivity contribution in [2.75, 3.05) is 32.8 Å². The third kappa shape index (κ3) is 6.26. The summed E-state index contributed by atoms with van der Waals surface area (Å²) >= 11 is 0. The first-order chi connectivity index (χ1) is 8.59. The van der Waals surface area contributed by atoms with Gasteiger partial charge in [-0.05, 0) is 31.3 Å².